The number of nitrogens with zero attached hydrogens (tertiary/aromatic N) is 1. The fraction of sp³-hybridized carbons (Fsp3) is 1.00. The molecule has 0 amide bonds. The molecule has 0 aromatic carbocycles. The normalized spacial score (nSPS) is 49.3. The van der Waals surface area contributed by atoms with E-state index in [9.17, 15) is 5.11 Å². The largest absolute Gasteiger partial charge is 0.388 e. The summed E-state index contributed by atoms with van der Waals surface area (Å²) in [6.07, 6.45) is 10.7. The third-order valence-corrected chi connectivity index (χ3v) is 6.25. The van der Waals surface area contributed by atoms with Gasteiger partial charge in [-0.25, -0.2) is 0 Å². The number of likely N-dealkylation sites (tertiary alicyclic amines) is 1. The monoisotopic (exact) mass is 249 g/mol. The van der Waals surface area contributed by atoms with Crippen LogP contribution in [0.15, 0.2) is 0 Å². The van der Waals surface area contributed by atoms with Gasteiger partial charge in [-0.2, -0.15) is 0 Å². The van der Waals surface area contributed by atoms with Gasteiger partial charge in [0.25, 0.3) is 0 Å². The molecule has 0 spiro atoms. The van der Waals surface area contributed by atoms with E-state index in [2.05, 4.69) is 4.90 Å². The van der Waals surface area contributed by atoms with E-state index in [0.717, 1.165) is 36.3 Å². The quantitative estimate of drug-likeness (QED) is 0.831. The summed E-state index contributed by atoms with van der Waals surface area (Å²) in [6, 6.07) is 0. The maximum Gasteiger partial charge on any atom is 0.0872 e. The first kappa shape index (κ1) is 11.7. The standard InChI is InChI=1S/C16H27NO/c1-15(18)10-17(11-15)3-2-16-7-12-4-13(8-16)6-14(5-12)9-16/h12-14,18H,2-11H2,1H3. The molecule has 4 saturated carbocycles. The summed E-state index contributed by atoms with van der Waals surface area (Å²) in [4.78, 5) is 2.46. The van der Waals surface area contributed by atoms with Gasteiger partial charge in [-0.1, -0.05) is 0 Å². The van der Waals surface area contributed by atoms with Crippen molar-refractivity contribution in [3.63, 3.8) is 0 Å². The summed E-state index contributed by atoms with van der Waals surface area (Å²) < 4.78 is 0. The summed E-state index contributed by atoms with van der Waals surface area (Å²) >= 11 is 0. The summed E-state index contributed by atoms with van der Waals surface area (Å²) in [6.45, 7) is 5.01. The molecule has 1 heterocycles. The zero-order chi connectivity index (χ0) is 12.4. The van der Waals surface area contributed by atoms with E-state index >= 15 is 0 Å². The van der Waals surface area contributed by atoms with Gasteiger partial charge >= 0.3 is 0 Å². The second-order valence-corrected chi connectivity index (χ2v) is 8.38. The van der Waals surface area contributed by atoms with Crippen molar-refractivity contribution >= 4 is 0 Å². The van der Waals surface area contributed by atoms with Gasteiger partial charge in [-0.15, -0.1) is 0 Å². The van der Waals surface area contributed by atoms with Crippen LogP contribution in [0.4, 0.5) is 0 Å². The Bertz CT molecular complexity index is 306. The van der Waals surface area contributed by atoms with Crippen LogP contribution in [0.2, 0.25) is 0 Å². The molecule has 1 aliphatic heterocycles. The Hall–Kier alpha value is -0.0800. The fourth-order valence-corrected chi connectivity index (χ4v) is 6.07. The van der Waals surface area contributed by atoms with Crippen LogP contribution >= 0.6 is 0 Å². The molecular formula is C16H27NO. The van der Waals surface area contributed by atoms with Crippen molar-refractivity contribution in [2.24, 2.45) is 23.2 Å². The SMILES string of the molecule is CC1(O)CN(CCC23CC4CC(CC(C4)C2)C3)C1. The molecule has 5 rings (SSSR count). The second kappa shape index (κ2) is 3.73. The van der Waals surface area contributed by atoms with Crippen molar-refractivity contribution in [1.29, 1.82) is 0 Å². The molecule has 0 radical (unpaired) electrons. The Morgan fingerprint density at radius 3 is 1.94 bits per heavy atom. The minimum absolute atomic E-state index is 0.387. The van der Waals surface area contributed by atoms with Crippen LogP contribution in [0.5, 0.6) is 0 Å². The third kappa shape index (κ3) is 1.92. The van der Waals surface area contributed by atoms with E-state index in [1.54, 1.807) is 19.3 Å². The van der Waals surface area contributed by atoms with Crippen molar-refractivity contribution in [3.8, 4) is 0 Å². The average Bonchev–Trinajstić information content (AvgIpc) is 2.21. The molecule has 5 fully saturated rings. The zero-order valence-corrected chi connectivity index (χ0v) is 11.7. The Labute approximate surface area is 111 Å². The number of hydrogen-bond acceptors (Lipinski definition) is 2. The van der Waals surface area contributed by atoms with Gasteiger partial charge in [0.2, 0.25) is 0 Å². The second-order valence-electron chi connectivity index (χ2n) is 8.38. The highest BCUT2D eigenvalue weighted by Crippen LogP contribution is 2.61. The van der Waals surface area contributed by atoms with Crippen molar-refractivity contribution in [2.75, 3.05) is 19.6 Å². The van der Waals surface area contributed by atoms with E-state index in [1.807, 2.05) is 6.92 Å². The molecule has 4 aliphatic carbocycles. The smallest absolute Gasteiger partial charge is 0.0872 e. The summed E-state index contributed by atoms with van der Waals surface area (Å²) in [5.74, 6) is 3.24. The molecule has 18 heavy (non-hydrogen) atoms. The van der Waals surface area contributed by atoms with E-state index in [0.29, 0.717) is 0 Å². The minimum atomic E-state index is -0.387. The highest BCUT2D eigenvalue weighted by Gasteiger charge is 2.50. The predicted octanol–water partition coefficient (Wildman–Crippen LogP) is 2.66. The van der Waals surface area contributed by atoms with Crippen LogP contribution in [0.25, 0.3) is 0 Å². The Kier molecular flexibility index (Phi) is 2.43. The molecule has 0 unspecified atom stereocenters. The first-order chi connectivity index (χ1) is 8.52. The van der Waals surface area contributed by atoms with Gasteiger partial charge in [-0.3, -0.25) is 4.90 Å². The Morgan fingerprint density at radius 2 is 1.50 bits per heavy atom. The Balaban J connectivity index is 1.37. The lowest BCUT2D eigenvalue weighted by molar-refractivity contribution is -0.102. The number of rotatable bonds is 3. The van der Waals surface area contributed by atoms with Crippen LogP contribution in [0.3, 0.4) is 0 Å². The molecule has 4 bridgehead atoms. The number of aliphatic hydroxyl groups is 1. The first-order valence-corrected chi connectivity index (χ1v) is 7.97. The average molecular weight is 249 g/mol. The van der Waals surface area contributed by atoms with Gasteiger partial charge in [0.05, 0.1) is 5.60 Å². The van der Waals surface area contributed by atoms with Crippen molar-refractivity contribution in [1.82, 2.24) is 4.90 Å². The van der Waals surface area contributed by atoms with Crippen LogP contribution in [0.1, 0.15) is 51.9 Å². The molecule has 0 aromatic rings. The van der Waals surface area contributed by atoms with E-state index in [1.165, 1.54) is 32.2 Å². The molecule has 1 N–H and O–H groups in total. The molecule has 5 aliphatic rings. The molecule has 2 nitrogen and oxygen atoms in total. The lowest BCUT2D eigenvalue weighted by atomic mass is 9.49. The van der Waals surface area contributed by atoms with Crippen molar-refractivity contribution < 1.29 is 5.11 Å². The maximum atomic E-state index is 9.80. The highest BCUT2D eigenvalue weighted by molar-refractivity contribution is 5.02. The Morgan fingerprint density at radius 1 is 1.00 bits per heavy atom. The molecular weight excluding hydrogens is 222 g/mol. The fourth-order valence-electron chi connectivity index (χ4n) is 6.07. The van der Waals surface area contributed by atoms with E-state index < -0.39 is 0 Å². The summed E-state index contributed by atoms with van der Waals surface area (Å²) in [5, 5.41) is 9.80. The van der Waals surface area contributed by atoms with E-state index in [-0.39, 0.29) is 5.60 Å². The van der Waals surface area contributed by atoms with Crippen molar-refractivity contribution in [2.45, 2.75) is 57.5 Å². The minimum Gasteiger partial charge on any atom is -0.388 e. The first-order valence-electron chi connectivity index (χ1n) is 7.97. The number of hydrogen-bond donors (Lipinski definition) is 1. The molecule has 1 saturated heterocycles. The van der Waals surface area contributed by atoms with Crippen LogP contribution < -0.4 is 0 Å². The van der Waals surface area contributed by atoms with Gasteiger partial charge in [0.15, 0.2) is 0 Å². The topological polar surface area (TPSA) is 23.5 Å². The lowest BCUT2D eigenvalue weighted by Gasteiger charge is -2.58. The van der Waals surface area contributed by atoms with Gasteiger partial charge in [0, 0.05) is 13.1 Å². The van der Waals surface area contributed by atoms with Crippen LogP contribution in [-0.2, 0) is 0 Å². The van der Waals surface area contributed by atoms with E-state index in [4.69, 9.17) is 0 Å². The van der Waals surface area contributed by atoms with Gasteiger partial charge in [-0.05, 0) is 81.6 Å². The molecule has 0 aromatic heterocycles. The zero-order valence-electron chi connectivity index (χ0n) is 11.7. The van der Waals surface area contributed by atoms with Gasteiger partial charge in [0.1, 0.15) is 0 Å². The predicted molar refractivity (Wildman–Crippen MR) is 72.3 cm³/mol. The van der Waals surface area contributed by atoms with Crippen molar-refractivity contribution in [3.05, 3.63) is 0 Å². The third-order valence-electron chi connectivity index (χ3n) is 6.25. The molecule has 102 valence electrons. The van der Waals surface area contributed by atoms with Crippen LogP contribution in [0, 0.1) is 23.2 Å². The highest BCUT2D eigenvalue weighted by atomic mass is 16.3. The lowest BCUT2D eigenvalue weighted by Crippen LogP contribution is -2.60. The maximum absolute atomic E-state index is 9.80. The van der Waals surface area contributed by atoms with Crippen LogP contribution in [-0.4, -0.2) is 35.2 Å². The summed E-state index contributed by atoms with van der Waals surface area (Å²) in [5.41, 5.74) is 0.331. The molecule has 0 atom stereocenters. The molecule has 2 heteroatoms. The van der Waals surface area contributed by atoms with Gasteiger partial charge < -0.3 is 5.11 Å². The number of β-amino-alcohol motifs (C(OH)–C–C–N with tert-alkyl or cyclic N) is 1. The summed E-state index contributed by atoms with van der Waals surface area (Å²) in [7, 11) is 0.